The first-order chi connectivity index (χ1) is 8.47. The van der Waals surface area contributed by atoms with Crippen LogP contribution in [0.2, 0.25) is 0 Å². The zero-order valence-electron chi connectivity index (χ0n) is 13.4. The van der Waals surface area contributed by atoms with E-state index >= 15 is 0 Å². The van der Waals surface area contributed by atoms with Crippen LogP contribution in [-0.4, -0.2) is 88.2 Å². The Balaban J connectivity index is 3.61. The Morgan fingerprint density at radius 3 is 2.11 bits per heavy atom. The lowest BCUT2D eigenvalue weighted by molar-refractivity contribution is 0.182. The van der Waals surface area contributed by atoms with Crippen molar-refractivity contribution >= 4 is 0 Å². The number of likely N-dealkylation sites (N-methyl/N-ethyl adjacent to an activating group) is 2. The molecule has 0 aromatic carbocycles. The van der Waals surface area contributed by atoms with E-state index in [1.165, 1.54) is 13.0 Å². The van der Waals surface area contributed by atoms with Crippen LogP contribution in [0.25, 0.3) is 0 Å². The van der Waals surface area contributed by atoms with Gasteiger partial charge in [-0.25, -0.2) is 0 Å². The summed E-state index contributed by atoms with van der Waals surface area (Å²) in [6.45, 7) is 11.4. The monoisotopic (exact) mass is 258 g/mol. The van der Waals surface area contributed by atoms with Crippen LogP contribution < -0.4 is 5.32 Å². The molecule has 0 spiro atoms. The van der Waals surface area contributed by atoms with Gasteiger partial charge in [0.2, 0.25) is 0 Å². The minimum absolute atomic E-state index is 0.633. The van der Waals surface area contributed by atoms with Crippen molar-refractivity contribution in [3.8, 4) is 0 Å². The minimum Gasteiger partial charge on any atom is -0.315 e. The van der Waals surface area contributed by atoms with Crippen molar-refractivity contribution in [3.05, 3.63) is 0 Å². The second-order valence-corrected chi connectivity index (χ2v) is 5.65. The van der Waals surface area contributed by atoms with Crippen molar-refractivity contribution in [1.82, 2.24) is 20.0 Å². The molecule has 0 radical (unpaired) electrons. The van der Waals surface area contributed by atoms with Crippen molar-refractivity contribution in [2.45, 2.75) is 26.3 Å². The number of hydrogen-bond donors (Lipinski definition) is 1. The van der Waals surface area contributed by atoms with Crippen molar-refractivity contribution in [1.29, 1.82) is 0 Å². The first-order valence-electron chi connectivity index (χ1n) is 7.21. The summed E-state index contributed by atoms with van der Waals surface area (Å²) >= 11 is 0. The third-order valence-electron chi connectivity index (χ3n) is 3.19. The van der Waals surface area contributed by atoms with Crippen LogP contribution in [0.15, 0.2) is 0 Å². The van der Waals surface area contributed by atoms with Crippen molar-refractivity contribution in [3.63, 3.8) is 0 Å². The van der Waals surface area contributed by atoms with Gasteiger partial charge < -0.3 is 15.1 Å². The Bertz CT molecular complexity index is 183. The summed E-state index contributed by atoms with van der Waals surface area (Å²) < 4.78 is 0. The van der Waals surface area contributed by atoms with Crippen LogP contribution in [-0.2, 0) is 0 Å². The highest BCUT2D eigenvalue weighted by atomic mass is 15.2. The number of rotatable bonds is 11. The van der Waals surface area contributed by atoms with Crippen LogP contribution in [0.5, 0.6) is 0 Å². The fourth-order valence-corrected chi connectivity index (χ4v) is 2.20. The quantitative estimate of drug-likeness (QED) is 0.553. The molecule has 0 amide bonds. The molecule has 4 heteroatoms. The SMILES string of the molecule is CCN(CCNCCCN(C)C)C(C)CN(C)C. The fourth-order valence-electron chi connectivity index (χ4n) is 2.20. The molecule has 18 heavy (non-hydrogen) atoms. The van der Waals surface area contributed by atoms with Gasteiger partial charge in [-0.1, -0.05) is 6.92 Å². The molecule has 0 bridgehead atoms. The molecule has 1 N–H and O–H groups in total. The zero-order chi connectivity index (χ0) is 14.0. The highest BCUT2D eigenvalue weighted by molar-refractivity contribution is 4.69. The molecule has 0 aromatic heterocycles. The maximum absolute atomic E-state index is 3.53. The average Bonchev–Trinajstić information content (AvgIpc) is 2.26. The summed E-state index contributed by atoms with van der Waals surface area (Å²) in [5.74, 6) is 0. The molecular weight excluding hydrogens is 224 g/mol. The molecular formula is C14H34N4. The molecule has 0 saturated carbocycles. The van der Waals surface area contributed by atoms with Gasteiger partial charge in [0.1, 0.15) is 0 Å². The van der Waals surface area contributed by atoms with E-state index in [1.807, 2.05) is 0 Å². The second-order valence-electron chi connectivity index (χ2n) is 5.65. The van der Waals surface area contributed by atoms with Gasteiger partial charge in [0.25, 0.3) is 0 Å². The van der Waals surface area contributed by atoms with E-state index in [2.05, 4.69) is 62.1 Å². The second kappa shape index (κ2) is 10.7. The van der Waals surface area contributed by atoms with Crippen molar-refractivity contribution in [2.24, 2.45) is 0 Å². The molecule has 0 rings (SSSR count). The lowest BCUT2D eigenvalue weighted by Crippen LogP contribution is -2.43. The van der Waals surface area contributed by atoms with E-state index in [-0.39, 0.29) is 0 Å². The predicted octanol–water partition coefficient (Wildman–Crippen LogP) is 0.800. The Morgan fingerprint density at radius 2 is 1.61 bits per heavy atom. The van der Waals surface area contributed by atoms with E-state index in [0.717, 1.165) is 32.7 Å². The van der Waals surface area contributed by atoms with Crippen LogP contribution in [0.3, 0.4) is 0 Å². The maximum Gasteiger partial charge on any atom is 0.0195 e. The highest BCUT2D eigenvalue weighted by Gasteiger charge is 2.11. The lowest BCUT2D eigenvalue weighted by atomic mass is 10.2. The lowest BCUT2D eigenvalue weighted by Gasteiger charge is -2.30. The third kappa shape index (κ3) is 9.83. The molecule has 1 unspecified atom stereocenters. The summed E-state index contributed by atoms with van der Waals surface area (Å²) in [6.07, 6.45) is 1.23. The Morgan fingerprint density at radius 1 is 0.944 bits per heavy atom. The Hall–Kier alpha value is -0.160. The van der Waals surface area contributed by atoms with Gasteiger partial charge in [-0.2, -0.15) is 0 Å². The Kier molecular flexibility index (Phi) is 10.6. The number of hydrogen-bond acceptors (Lipinski definition) is 4. The molecule has 0 aliphatic carbocycles. The van der Waals surface area contributed by atoms with Crippen molar-refractivity contribution in [2.75, 3.05) is 67.5 Å². The summed E-state index contributed by atoms with van der Waals surface area (Å²) in [4.78, 5) is 7.04. The topological polar surface area (TPSA) is 21.8 Å². The van der Waals surface area contributed by atoms with Crippen LogP contribution in [0, 0.1) is 0 Å². The van der Waals surface area contributed by atoms with Crippen LogP contribution in [0.4, 0.5) is 0 Å². The highest BCUT2D eigenvalue weighted by Crippen LogP contribution is 1.99. The molecule has 0 saturated heterocycles. The van der Waals surface area contributed by atoms with Crippen molar-refractivity contribution < 1.29 is 0 Å². The summed E-state index contributed by atoms with van der Waals surface area (Å²) in [7, 11) is 8.54. The molecule has 1 atom stereocenters. The summed E-state index contributed by atoms with van der Waals surface area (Å²) in [5.41, 5.74) is 0. The van der Waals surface area contributed by atoms with Gasteiger partial charge in [0.05, 0.1) is 0 Å². The van der Waals surface area contributed by atoms with Gasteiger partial charge in [0.15, 0.2) is 0 Å². The molecule has 0 heterocycles. The van der Waals surface area contributed by atoms with E-state index < -0.39 is 0 Å². The van der Waals surface area contributed by atoms with Crippen LogP contribution >= 0.6 is 0 Å². The average molecular weight is 258 g/mol. The predicted molar refractivity (Wildman–Crippen MR) is 81.3 cm³/mol. The summed E-state index contributed by atoms with van der Waals surface area (Å²) in [6, 6.07) is 0.633. The van der Waals surface area contributed by atoms with E-state index in [9.17, 15) is 0 Å². The van der Waals surface area contributed by atoms with Gasteiger partial charge in [0, 0.05) is 25.7 Å². The first-order valence-corrected chi connectivity index (χ1v) is 7.21. The van der Waals surface area contributed by atoms with Gasteiger partial charge in [-0.05, 0) is 61.2 Å². The standard InChI is InChI=1S/C14H34N4/c1-7-18(14(2)13-17(5)6)12-10-15-9-8-11-16(3)4/h14-15H,7-13H2,1-6H3. The van der Waals surface area contributed by atoms with E-state index in [4.69, 9.17) is 0 Å². The van der Waals surface area contributed by atoms with E-state index in [0.29, 0.717) is 6.04 Å². The molecule has 0 aromatic rings. The molecule has 0 aliphatic rings. The molecule has 4 nitrogen and oxygen atoms in total. The normalized spacial score (nSPS) is 13.8. The first kappa shape index (κ1) is 17.8. The molecule has 0 aliphatic heterocycles. The number of nitrogens with one attached hydrogen (secondary N) is 1. The minimum atomic E-state index is 0.633. The zero-order valence-corrected chi connectivity index (χ0v) is 13.4. The Labute approximate surface area is 114 Å². The maximum atomic E-state index is 3.53. The van der Waals surface area contributed by atoms with E-state index in [1.54, 1.807) is 0 Å². The third-order valence-corrected chi connectivity index (χ3v) is 3.19. The molecule has 110 valence electrons. The fraction of sp³-hybridized carbons (Fsp3) is 1.00. The summed E-state index contributed by atoms with van der Waals surface area (Å²) in [5, 5.41) is 3.53. The smallest absolute Gasteiger partial charge is 0.0195 e. The molecule has 0 fully saturated rings. The van der Waals surface area contributed by atoms with Gasteiger partial charge in [-0.3, -0.25) is 4.90 Å². The van der Waals surface area contributed by atoms with Gasteiger partial charge >= 0.3 is 0 Å². The van der Waals surface area contributed by atoms with Crippen LogP contribution in [0.1, 0.15) is 20.3 Å². The van der Waals surface area contributed by atoms with Gasteiger partial charge in [-0.15, -0.1) is 0 Å². The number of nitrogens with zero attached hydrogens (tertiary/aromatic N) is 3. The largest absolute Gasteiger partial charge is 0.315 e.